The first-order valence-electron chi connectivity index (χ1n) is 3.90. The van der Waals surface area contributed by atoms with Gasteiger partial charge in [0.2, 0.25) is 0 Å². The highest BCUT2D eigenvalue weighted by Gasteiger charge is 2.14. The van der Waals surface area contributed by atoms with Crippen LogP contribution in [0.3, 0.4) is 0 Å². The number of aromatic hydroxyl groups is 1. The summed E-state index contributed by atoms with van der Waals surface area (Å²) in [4.78, 5) is 10.4. The summed E-state index contributed by atoms with van der Waals surface area (Å²) in [7, 11) is -1.66. The second kappa shape index (κ2) is 4.12. The van der Waals surface area contributed by atoms with Crippen molar-refractivity contribution in [1.29, 1.82) is 0 Å². The monoisotopic (exact) mass is 196 g/mol. The van der Waals surface area contributed by atoms with E-state index in [0.29, 0.717) is 0 Å². The molecule has 0 fully saturated rings. The molecule has 0 aliphatic carbocycles. The molecule has 0 heterocycles. The largest absolute Gasteiger partial charge is 0.508 e. The third kappa shape index (κ3) is 2.48. The molecule has 0 unspecified atom stereocenters. The summed E-state index contributed by atoms with van der Waals surface area (Å²) in [6.45, 7) is 0. The summed E-state index contributed by atoms with van der Waals surface area (Å²) in [5.41, 5.74) is 0.308. The Morgan fingerprint density at radius 2 is 2.00 bits per heavy atom. The maximum atomic E-state index is 10.4. The van der Waals surface area contributed by atoms with Crippen molar-refractivity contribution in [1.82, 2.24) is 0 Å². The second-order valence-electron chi connectivity index (χ2n) is 2.83. The van der Waals surface area contributed by atoms with Crippen molar-refractivity contribution in [3.63, 3.8) is 0 Å². The summed E-state index contributed by atoms with van der Waals surface area (Å²) in [6, 6.07) is 3.78. The summed E-state index contributed by atoms with van der Waals surface area (Å²) in [5.74, 6) is -1.26. The number of phenolic OH excluding ortho intramolecular Hbond substituents is 1. The maximum Gasteiger partial charge on any atom is 0.488 e. The predicted molar refractivity (Wildman–Crippen MR) is 49.3 cm³/mol. The Hall–Kier alpha value is -1.53. The molecule has 0 aliphatic rings. The van der Waals surface area contributed by atoms with Crippen LogP contribution in [0.5, 0.6) is 5.75 Å². The molecule has 14 heavy (non-hydrogen) atoms. The third-order valence-electron chi connectivity index (χ3n) is 1.74. The fraction of sp³-hybridized carbons (Fsp3) is 0.125. The zero-order valence-corrected chi connectivity index (χ0v) is 7.21. The van der Waals surface area contributed by atoms with Crippen molar-refractivity contribution in [2.24, 2.45) is 0 Å². The average molecular weight is 196 g/mol. The minimum atomic E-state index is -1.66. The highest BCUT2D eigenvalue weighted by Crippen LogP contribution is 2.15. The van der Waals surface area contributed by atoms with E-state index in [0.717, 1.165) is 0 Å². The van der Waals surface area contributed by atoms with Crippen molar-refractivity contribution in [2.45, 2.75) is 6.42 Å². The van der Waals surface area contributed by atoms with Gasteiger partial charge in [-0.1, -0.05) is 12.1 Å². The van der Waals surface area contributed by atoms with E-state index in [-0.39, 0.29) is 23.2 Å². The molecule has 1 aromatic rings. The fourth-order valence-corrected chi connectivity index (χ4v) is 1.07. The molecule has 0 saturated heterocycles. The molecule has 0 aliphatic heterocycles. The molecule has 0 aromatic heterocycles. The van der Waals surface area contributed by atoms with Gasteiger partial charge in [0, 0.05) is 5.56 Å². The zero-order valence-electron chi connectivity index (χ0n) is 7.21. The highest BCUT2D eigenvalue weighted by atomic mass is 16.4. The van der Waals surface area contributed by atoms with Crippen LogP contribution < -0.4 is 5.46 Å². The molecule has 4 N–H and O–H groups in total. The minimum absolute atomic E-state index is 0.152. The lowest BCUT2D eigenvalue weighted by molar-refractivity contribution is -0.136. The van der Waals surface area contributed by atoms with E-state index in [1.54, 1.807) is 0 Å². The first kappa shape index (κ1) is 10.6. The van der Waals surface area contributed by atoms with Gasteiger partial charge in [0.05, 0.1) is 6.42 Å². The van der Waals surface area contributed by atoms with Crippen molar-refractivity contribution >= 4 is 18.6 Å². The van der Waals surface area contributed by atoms with Crippen LogP contribution in [0.1, 0.15) is 5.56 Å². The van der Waals surface area contributed by atoms with E-state index >= 15 is 0 Å². The summed E-state index contributed by atoms with van der Waals surface area (Å²) >= 11 is 0. The smallest absolute Gasteiger partial charge is 0.488 e. The van der Waals surface area contributed by atoms with E-state index in [2.05, 4.69) is 0 Å². The van der Waals surface area contributed by atoms with Gasteiger partial charge in [0.25, 0.3) is 0 Å². The number of phenols is 1. The number of aliphatic carboxylic acids is 1. The Kier molecular flexibility index (Phi) is 3.11. The number of benzene rings is 1. The first-order valence-corrected chi connectivity index (χ1v) is 3.90. The maximum absolute atomic E-state index is 10.4. The van der Waals surface area contributed by atoms with Crippen LogP contribution in [-0.2, 0) is 11.2 Å². The molecule has 0 spiro atoms. The van der Waals surface area contributed by atoms with Crippen molar-refractivity contribution in [2.75, 3.05) is 0 Å². The number of hydrogen-bond donors (Lipinski definition) is 4. The number of rotatable bonds is 3. The van der Waals surface area contributed by atoms with Gasteiger partial charge in [0.15, 0.2) is 0 Å². The molecule has 0 radical (unpaired) electrons. The van der Waals surface area contributed by atoms with Crippen molar-refractivity contribution < 1.29 is 25.1 Å². The SMILES string of the molecule is O=C(O)Cc1cc(B(O)O)ccc1O. The van der Waals surface area contributed by atoms with E-state index in [4.69, 9.17) is 15.2 Å². The Bertz CT molecular complexity index is 350. The van der Waals surface area contributed by atoms with Gasteiger partial charge in [0.1, 0.15) is 5.75 Å². The Balaban J connectivity index is 3.02. The Morgan fingerprint density at radius 1 is 1.36 bits per heavy atom. The molecule has 6 heteroatoms. The summed E-state index contributed by atoms with van der Waals surface area (Å²) in [6.07, 6.45) is -0.355. The predicted octanol–water partition coefficient (Wildman–Crippen LogP) is -1.30. The van der Waals surface area contributed by atoms with Gasteiger partial charge >= 0.3 is 13.1 Å². The van der Waals surface area contributed by atoms with Gasteiger partial charge in [-0.25, -0.2) is 0 Å². The van der Waals surface area contributed by atoms with Crippen LogP contribution in [0.25, 0.3) is 0 Å². The van der Waals surface area contributed by atoms with E-state index in [1.807, 2.05) is 0 Å². The molecule has 0 bridgehead atoms. The number of carboxylic acids is 1. The highest BCUT2D eigenvalue weighted by molar-refractivity contribution is 6.58. The van der Waals surface area contributed by atoms with Crippen molar-refractivity contribution in [3.05, 3.63) is 23.8 Å². The number of hydrogen-bond acceptors (Lipinski definition) is 4. The van der Waals surface area contributed by atoms with Gasteiger partial charge < -0.3 is 20.3 Å². The van der Waals surface area contributed by atoms with E-state index < -0.39 is 13.1 Å². The lowest BCUT2D eigenvalue weighted by Gasteiger charge is -2.04. The normalized spacial score (nSPS) is 9.86. The summed E-state index contributed by atoms with van der Waals surface area (Å²) < 4.78 is 0. The van der Waals surface area contributed by atoms with Crippen molar-refractivity contribution in [3.8, 4) is 5.75 Å². The van der Waals surface area contributed by atoms with Crippen LogP contribution in [-0.4, -0.2) is 33.3 Å². The summed E-state index contributed by atoms with van der Waals surface area (Å²) in [5, 5.41) is 35.3. The lowest BCUT2D eigenvalue weighted by Crippen LogP contribution is -2.30. The zero-order chi connectivity index (χ0) is 10.7. The Morgan fingerprint density at radius 3 is 2.50 bits per heavy atom. The fourth-order valence-electron chi connectivity index (χ4n) is 1.07. The lowest BCUT2D eigenvalue weighted by atomic mass is 9.79. The molecular formula is C8H9BO5. The molecule has 74 valence electrons. The number of carbonyl (C=O) groups is 1. The molecule has 0 atom stereocenters. The molecule has 5 nitrogen and oxygen atoms in total. The third-order valence-corrected chi connectivity index (χ3v) is 1.74. The number of carboxylic acid groups (broad SMARTS) is 1. The van der Waals surface area contributed by atoms with E-state index in [1.165, 1.54) is 18.2 Å². The quantitative estimate of drug-likeness (QED) is 0.450. The van der Waals surface area contributed by atoms with Crippen LogP contribution in [0.4, 0.5) is 0 Å². The standard InChI is InChI=1S/C8H9BO5/c10-7-2-1-6(9(13)14)3-5(7)4-8(11)12/h1-3,10,13-14H,4H2,(H,11,12). The first-order chi connectivity index (χ1) is 6.50. The van der Waals surface area contributed by atoms with Gasteiger partial charge in [-0.2, -0.15) is 0 Å². The van der Waals surface area contributed by atoms with Crippen LogP contribution in [0.15, 0.2) is 18.2 Å². The van der Waals surface area contributed by atoms with E-state index in [9.17, 15) is 9.90 Å². The molecule has 1 aromatic carbocycles. The van der Waals surface area contributed by atoms with Gasteiger partial charge in [-0.15, -0.1) is 0 Å². The minimum Gasteiger partial charge on any atom is -0.508 e. The Labute approximate surface area is 80.4 Å². The van der Waals surface area contributed by atoms with Crippen LogP contribution in [0.2, 0.25) is 0 Å². The van der Waals surface area contributed by atoms with Gasteiger partial charge in [-0.05, 0) is 11.5 Å². The average Bonchev–Trinajstić information content (AvgIpc) is 2.07. The molecule has 0 amide bonds. The van der Waals surface area contributed by atoms with Gasteiger partial charge in [-0.3, -0.25) is 4.79 Å². The second-order valence-corrected chi connectivity index (χ2v) is 2.83. The molecule has 1 rings (SSSR count). The molecule has 0 saturated carbocycles. The van der Waals surface area contributed by atoms with Crippen LogP contribution in [0, 0.1) is 0 Å². The molecular weight excluding hydrogens is 187 g/mol. The topological polar surface area (TPSA) is 98.0 Å². The van der Waals surface area contributed by atoms with Crippen LogP contribution >= 0.6 is 0 Å².